The van der Waals surface area contributed by atoms with Gasteiger partial charge in [-0.3, -0.25) is 9.78 Å². The summed E-state index contributed by atoms with van der Waals surface area (Å²) >= 11 is 0. The lowest BCUT2D eigenvalue weighted by molar-refractivity contribution is 0.0791. The molecule has 0 aliphatic carbocycles. The first kappa shape index (κ1) is 20.1. The third-order valence-corrected chi connectivity index (χ3v) is 4.50. The highest BCUT2D eigenvalue weighted by molar-refractivity contribution is 5.92. The first-order valence-electron chi connectivity index (χ1n) is 9.20. The van der Waals surface area contributed by atoms with E-state index in [2.05, 4.69) is 15.3 Å². The second-order valence-corrected chi connectivity index (χ2v) is 6.46. The normalized spacial score (nSPS) is 10.3. The molecular weight excluding hydrogens is 368 g/mol. The van der Waals surface area contributed by atoms with E-state index in [1.807, 2.05) is 36.4 Å². The number of carbonyl (C=O) groups is 1. The van der Waals surface area contributed by atoms with Crippen molar-refractivity contribution >= 4 is 17.3 Å². The zero-order valence-corrected chi connectivity index (χ0v) is 16.8. The third-order valence-electron chi connectivity index (χ3n) is 4.50. The summed E-state index contributed by atoms with van der Waals surface area (Å²) in [4.78, 5) is 22.6. The van der Waals surface area contributed by atoms with Crippen LogP contribution in [0.2, 0.25) is 0 Å². The largest absolute Gasteiger partial charge is 0.497 e. The molecule has 0 spiro atoms. The molecule has 0 atom stereocenters. The number of aromatic nitrogens is 2. The Hall–Kier alpha value is -3.61. The number of benzene rings is 1. The molecule has 0 unspecified atom stereocenters. The average Bonchev–Trinajstić information content (AvgIpc) is 2.78. The molecule has 0 saturated heterocycles. The minimum atomic E-state index is -0.121. The SMILES string of the molecule is COc1ccc(OC)c(Nc2ccc(C(=O)N(C)CCc3ccncc3)nc2)c1. The Kier molecular flexibility index (Phi) is 6.63. The van der Waals surface area contributed by atoms with Gasteiger partial charge in [0.05, 0.1) is 31.8 Å². The summed E-state index contributed by atoms with van der Waals surface area (Å²) in [5.74, 6) is 1.27. The summed E-state index contributed by atoms with van der Waals surface area (Å²) in [6.45, 7) is 0.603. The van der Waals surface area contributed by atoms with Crippen molar-refractivity contribution in [3.8, 4) is 11.5 Å². The summed E-state index contributed by atoms with van der Waals surface area (Å²) < 4.78 is 10.6. The molecular formula is C22H24N4O3. The van der Waals surface area contributed by atoms with Crippen LogP contribution < -0.4 is 14.8 Å². The quantitative estimate of drug-likeness (QED) is 0.632. The van der Waals surface area contributed by atoms with Gasteiger partial charge in [0.1, 0.15) is 17.2 Å². The molecule has 1 N–H and O–H groups in total. The number of hydrogen-bond donors (Lipinski definition) is 1. The van der Waals surface area contributed by atoms with Crippen LogP contribution in [-0.2, 0) is 6.42 Å². The number of likely N-dealkylation sites (N-methyl/N-ethyl adjacent to an activating group) is 1. The van der Waals surface area contributed by atoms with Gasteiger partial charge in [-0.1, -0.05) is 0 Å². The van der Waals surface area contributed by atoms with Crippen molar-refractivity contribution in [3.63, 3.8) is 0 Å². The molecule has 3 rings (SSSR count). The molecule has 2 heterocycles. The molecule has 0 aliphatic heterocycles. The third kappa shape index (κ3) is 5.22. The van der Waals surface area contributed by atoms with E-state index in [0.717, 1.165) is 23.4 Å². The van der Waals surface area contributed by atoms with Crippen LogP contribution in [-0.4, -0.2) is 48.6 Å². The van der Waals surface area contributed by atoms with Crippen LogP contribution in [0.4, 0.5) is 11.4 Å². The number of nitrogens with one attached hydrogen (secondary N) is 1. The van der Waals surface area contributed by atoms with Crippen molar-refractivity contribution in [2.45, 2.75) is 6.42 Å². The first-order valence-corrected chi connectivity index (χ1v) is 9.20. The number of carbonyl (C=O) groups excluding carboxylic acids is 1. The van der Waals surface area contributed by atoms with E-state index in [-0.39, 0.29) is 5.91 Å². The maximum atomic E-state index is 12.6. The highest BCUT2D eigenvalue weighted by atomic mass is 16.5. The monoisotopic (exact) mass is 392 g/mol. The topological polar surface area (TPSA) is 76.6 Å². The lowest BCUT2D eigenvalue weighted by Gasteiger charge is -2.17. The van der Waals surface area contributed by atoms with Crippen LogP contribution in [0.3, 0.4) is 0 Å². The van der Waals surface area contributed by atoms with Crippen molar-refractivity contribution in [1.82, 2.24) is 14.9 Å². The Morgan fingerprint density at radius 1 is 1.07 bits per heavy atom. The predicted molar refractivity (Wildman–Crippen MR) is 112 cm³/mol. The summed E-state index contributed by atoms with van der Waals surface area (Å²) in [6, 6.07) is 12.9. The number of rotatable bonds is 8. The Morgan fingerprint density at radius 2 is 1.86 bits per heavy atom. The van der Waals surface area contributed by atoms with E-state index in [0.29, 0.717) is 23.7 Å². The minimum absolute atomic E-state index is 0.121. The molecule has 7 heteroatoms. The minimum Gasteiger partial charge on any atom is -0.497 e. The Bertz CT molecular complexity index is 946. The van der Waals surface area contributed by atoms with Crippen molar-refractivity contribution in [2.24, 2.45) is 0 Å². The van der Waals surface area contributed by atoms with Crippen LogP contribution >= 0.6 is 0 Å². The summed E-state index contributed by atoms with van der Waals surface area (Å²) in [7, 11) is 4.99. The zero-order chi connectivity index (χ0) is 20.6. The fourth-order valence-electron chi connectivity index (χ4n) is 2.80. The molecule has 2 aromatic heterocycles. The molecule has 29 heavy (non-hydrogen) atoms. The molecule has 0 aliphatic rings. The van der Waals surface area contributed by atoms with E-state index in [9.17, 15) is 4.79 Å². The van der Waals surface area contributed by atoms with Gasteiger partial charge in [0.25, 0.3) is 5.91 Å². The fourth-order valence-corrected chi connectivity index (χ4v) is 2.80. The maximum Gasteiger partial charge on any atom is 0.272 e. The molecule has 1 amide bonds. The Labute approximate surface area is 170 Å². The smallest absolute Gasteiger partial charge is 0.272 e. The lowest BCUT2D eigenvalue weighted by atomic mass is 10.2. The summed E-state index contributed by atoms with van der Waals surface area (Å²) in [5.41, 5.74) is 3.03. The van der Waals surface area contributed by atoms with Crippen molar-refractivity contribution in [1.29, 1.82) is 0 Å². The Morgan fingerprint density at radius 3 is 2.52 bits per heavy atom. The molecule has 0 bridgehead atoms. The second kappa shape index (κ2) is 9.54. The highest BCUT2D eigenvalue weighted by Crippen LogP contribution is 2.31. The van der Waals surface area contributed by atoms with Crippen LogP contribution in [0.5, 0.6) is 11.5 Å². The molecule has 0 saturated carbocycles. The van der Waals surface area contributed by atoms with Crippen LogP contribution in [0, 0.1) is 0 Å². The van der Waals surface area contributed by atoms with Crippen LogP contribution in [0.25, 0.3) is 0 Å². The number of amides is 1. The second-order valence-electron chi connectivity index (χ2n) is 6.46. The van der Waals surface area contributed by atoms with Gasteiger partial charge in [-0.15, -0.1) is 0 Å². The number of anilines is 2. The molecule has 0 radical (unpaired) electrons. The van der Waals surface area contributed by atoms with Gasteiger partial charge in [0.15, 0.2) is 0 Å². The maximum absolute atomic E-state index is 12.6. The van der Waals surface area contributed by atoms with E-state index in [4.69, 9.17) is 9.47 Å². The highest BCUT2D eigenvalue weighted by Gasteiger charge is 2.13. The lowest BCUT2D eigenvalue weighted by Crippen LogP contribution is -2.29. The van der Waals surface area contributed by atoms with Crippen LogP contribution in [0.1, 0.15) is 16.1 Å². The summed E-state index contributed by atoms with van der Waals surface area (Å²) in [6.07, 6.45) is 5.90. The zero-order valence-electron chi connectivity index (χ0n) is 16.8. The summed E-state index contributed by atoms with van der Waals surface area (Å²) in [5, 5.41) is 3.24. The number of methoxy groups -OCH3 is 2. The van der Waals surface area contributed by atoms with Gasteiger partial charge in [-0.2, -0.15) is 0 Å². The van der Waals surface area contributed by atoms with Gasteiger partial charge in [-0.25, -0.2) is 4.98 Å². The van der Waals surface area contributed by atoms with E-state index >= 15 is 0 Å². The molecule has 7 nitrogen and oxygen atoms in total. The Balaban J connectivity index is 1.64. The van der Waals surface area contributed by atoms with Crippen molar-refractivity contribution in [2.75, 3.05) is 33.1 Å². The van der Waals surface area contributed by atoms with Gasteiger partial charge < -0.3 is 19.7 Å². The van der Waals surface area contributed by atoms with E-state index < -0.39 is 0 Å². The van der Waals surface area contributed by atoms with Crippen molar-refractivity contribution in [3.05, 3.63) is 72.3 Å². The van der Waals surface area contributed by atoms with Gasteiger partial charge in [0.2, 0.25) is 0 Å². The average molecular weight is 392 g/mol. The first-order chi connectivity index (χ1) is 14.1. The predicted octanol–water partition coefficient (Wildman–Crippen LogP) is 3.55. The van der Waals surface area contributed by atoms with Crippen molar-refractivity contribution < 1.29 is 14.3 Å². The molecule has 150 valence electrons. The van der Waals surface area contributed by atoms with E-state index in [1.165, 1.54) is 0 Å². The molecule has 3 aromatic rings. The fraction of sp³-hybridized carbons (Fsp3) is 0.227. The molecule has 0 fully saturated rings. The van der Waals surface area contributed by atoms with Gasteiger partial charge >= 0.3 is 0 Å². The molecule has 1 aromatic carbocycles. The number of nitrogens with zero attached hydrogens (tertiary/aromatic N) is 3. The number of ether oxygens (including phenoxy) is 2. The van der Waals surface area contributed by atoms with Gasteiger partial charge in [0, 0.05) is 32.1 Å². The van der Waals surface area contributed by atoms with Crippen LogP contribution in [0.15, 0.2) is 61.1 Å². The van der Waals surface area contributed by atoms with E-state index in [1.54, 1.807) is 50.8 Å². The number of hydrogen-bond acceptors (Lipinski definition) is 6. The standard InChI is InChI=1S/C22H24N4O3/c1-26(13-10-16-8-11-23-12-9-16)22(27)19-6-4-17(15-24-19)25-20-14-18(28-2)5-7-21(20)29-3/h4-9,11-12,14-15,25H,10,13H2,1-3H3. The number of pyridine rings is 2. The van der Waals surface area contributed by atoms with Gasteiger partial charge in [-0.05, 0) is 48.4 Å².